The van der Waals surface area contributed by atoms with Gasteiger partial charge < -0.3 is 15.4 Å². The largest absolute Gasteiger partial charge is 0.459 e. The van der Waals surface area contributed by atoms with Crippen molar-refractivity contribution in [3.8, 4) is 0 Å². The maximum Gasteiger partial charge on any atom is 0.330 e. The van der Waals surface area contributed by atoms with Crippen molar-refractivity contribution >= 4 is 17.5 Å². The van der Waals surface area contributed by atoms with Gasteiger partial charge in [-0.25, -0.2) is 4.79 Å². The molecule has 0 fully saturated rings. The first-order valence-electron chi connectivity index (χ1n) is 11.5. The third-order valence-corrected chi connectivity index (χ3v) is 5.54. The van der Waals surface area contributed by atoms with Gasteiger partial charge in [-0.15, -0.1) is 0 Å². The van der Waals surface area contributed by atoms with Gasteiger partial charge in [0.25, 0.3) is 5.56 Å². The average Bonchev–Trinajstić information content (AvgIpc) is 2.75. The minimum atomic E-state index is -0.654. The van der Waals surface area contributed by atoms with Crippen LogP contribution in [-0.2, 0) is 16.1 Å². The number of rotatable bonds is 8. The van der Waals surface area contributed by atoms with E-state index in [0.717, 1.165) is 24.8 Å². The number of nitrogens with one attached hydrogen (secondary N) is 1. The van der Waals surface area contributed by atoms with Crippen molar-refractivity contribution in [3.05, 3.63) is 68.4 Å². The number of aromatic nitrogens is 2. The second-order valence-electron chi connectivity index (χ2n) is 9.43. The smallest absolute Gasteiger partial charge is 0.330 e. The van der Waals surface area contributed by atoms with Gasteiger partial charge in [0.05, 0.1) is 6.54 Å². The standard InChI is InChI=1S/C25H34N4O4/c1-25(2,3)33-20(30)17-28(15-14-18-10-6-4-7-11-18)21-22(26)29(24(32)27-23(21)31)16-19-12-8-5-9-13-19/h5,8-10,12-13H,4,6-7,11,14-17,26H2,1-3H3,(H,27,31,32). The molecule has 33 heavy (non-hydrogen) atoms. The zero-order valence-electron chi connectivity index (χ0n) is 19.7. The van der Waals surface area contributed by atoms with E-state index in [4.69, 9.17) is 10.5 Å². The van der Waals surface area contributed by atoms with Crippen LogP contribution < -0.4 is 21.9 Å². The summed E-state index contributed by atoms with van der Waals surface area (Å²) in [5.74, 6) is -0.423. The molecule has 1 aliphatic rings. The van der Waals surface area contributed by atoms with Crippen molar-refractivity contribution in [2.75, 3.05) is 23.7 Å². The molecule has 0 atom stereocenters. The van der Waals surface area contributed by atoms with E-state index >= 15 is 0 Å². The Labute approximate surface area is 194 Å². The Morgan fingerprint density at radius 2 is 1.91 bits per heavy atom. The summed E-state index contributed by atoms with van der Waals surface area (Å²) < 4.78 is 6.82. The zero-order chi connectivity index (χ0) is 24.0. The summed E-state index contributed by atoms with van der Waals surface area (Å²) in [7, 11) is 0. The number of nitrogens with two attached hydrogens (primary N) is 1. The Kier molecular flexibility index (Phi) is 7.79. The van der Waals surface area contributed by atoms with Gasteiger partial charge in [0.2, 0.25) is 0 Å². The molecule has 1 heterocycles. The molecule has 0 saturated carbocycles. The lowest BCUT2D eigenvalue weighted by atomic mass is 9.97. The number of hydrogen-bond acceptors (Lipinski definition) is 6. The highest BCUT2D eigenvalue weighted by molar-refractivity contribution is 5.78. The van der Waals surface area contributed by atoms with Gasteiger partial charge in [0, 0.05) is 6.54 Å². The van der Waals surface area contributed by atoms with Crippen molar-refractivity contribution in [2.24, 2.45) is 0 Å². The number of carbonyl (C=O) groups excluding carboxylic acids is 1. The molecule has 1 aromatic carbocycles. The summed E-state index contributed by atoms with van der Waals surface area (Å²) in [6.07, 6.45) is 7.33. The highest BCUT2D eigenvalue weighted by atomic mass is 16.6. The highest BCUT2D eigenvalue weighted by Gasteiger charge is 2.24. The number of benzene rings is 1. The van der Waals surface area contributed by atoms with Crippen molar-refractivity contribution in [3.63, 3.8) is 0 Å². The van der Waals surface area contributed by atoms with Crippen molar-refractivity contribution in [2.45, 2.75) is 65.0 Å². The molecule has 0 aliphatic heterocycles. The van der Waals surface area contributed by atoms with Gasteiger partial charge in [-0.05, 0) is 58.4 Å². The normalized spacial score (nSPS) is 14.0. The first-order valence-corrected chi connectivity index (χ1v) is 11.5. The average molecular weight is 455 g/mol. The molecule has 2 aromatic rings. The zero-order valence-corrected chi connectivity index (χ0v) is 19.7. The molecule has 178 valence electrons. The van der Waals surface area contributed by atoms with Gasteiger partial charge in [-0.1, -0.05) is 42.0 Å². The number of H-pyrrole nitrogens is 1. The van der Waals surface area contributed by atoms with Gasteiger partial charge in [-0.3, -0.25) is 19.1 Å². The third kappa shape index (κ3) is 6.84. The van der Waals surface area contributed by atoms with E-state index in [2.05, 4.69) is 11.1 Å². The minimum Gasteiger partial charge on any atom is -0.459 e. The Morgan fingerprint density at radius 3 is 2.55 bits per heavy atom. The van der Waals surface area contributed by atoms with Crippen molar-refractivity contribution in [1.29, 1.82) is 0 Å². The molecule has 0 amide bonds. The number of anilines is 2. The van der Waals surface area contributed by atoms with Crippen LogP contribution in [0.15, 0.2) is 51.6 Å². The number of carbonyl (C=O) groups is 1. The van der Waals surface area contributed by atoms with Gasteiger partial charge >= 0.3 is 11.7 Å². The molecule has 8 nitrogen and oxygen atoms in total. The molecule has 0 unspecified atom stereocenters. The van der Waals surface area contributed by atoms with E-state index in [1.165, 1.54) is 16.6 Å². The Morgan fingerprint density at radius 1 is 1.18 bits per heavy atom. The SMILES string of the molecule is CC(C)(C)OC(=O)CN(CCC1=CCCCC1)c1c(N)n(Cc2ccccc2)c(=O)[nH]c1=O. The first kappa shape index (κ1) is 24.4. The van der Waals surface area contributed by atoms with Crippen LogP contribution in [0.25, 0.3) is 0 Å². The predicted molar refractivity (Wildman–Crippen MR) is 131 cm³/mol. The second-order valence-corrected chi connectivity index (χ2v) is 9.43. The highest BCUT2D eigenvalue weighted by Crippen LogP contribution is 2.23. The molecular formula is C25H34N4O4. The van der Waals surface area contributed by atoms with Crippen LogP contribution in [0, 0.1) is 0 Å². The molecule has 0 radical (unpaired) electrons. The fourth-order valence-corrected chi connectivity index (χ4v) is 4.02. The van der Waals surface area contributed by atoms with Crippen LogP contribution in [0.2, 0.25) is 0 Å². The maximum absolute atomic E-state index is 12.9. The van der Waals surface area contributed by atoms with E-state index in [1.54, 1.807) is 25.7 Å². The van der Waals surface area contributed by atoms with Crippen molar-refractivity contribution in [1.82, 2.24) is 9.55 Å². The Bertz CT molecular complexity index is 1110. The Hall–Kier alpha value is -3.29. The summed E-state index contributed by atoms with van der Waals surface area (Å²) in [5, 5.41) is 0. The monoisotopic (exact) mass is 454 g/mol. The molecule has 0 spiro atoms. The second kappa shape index (κ2) is 10.6. The minimum absolute atomic E-state index is 0.0359. The molecule has 3 N–H and O–H groups in total. The molecule has 3 rings (SSSR count). The third-order valence-electron chi connectivity index (χ3n) is 5.54. The van der Waals surface area contributed by atoms with Crippen LogP contribution in [0.3, 0.4) is 0 Å². The fraction of sp³-hybridized carbons (Fsp3) is 0.480. The van der Waals surface area contributed by atoms with Crippen LogP contribution >= 0.6 is 0 Å². The van der Waals surface area contributed by atoms with E-state index in [9.17, 15) is 14.4 Å². The number of nitrogens with zero attached hydrogens (tertiary/aromatic N) is 2. The summed E-state index contributed by atoms with van der Waals surface area (Å²) >= 11 is 0. The lowest BCUT2D eigenvalue weighted by molar-refractivity contribution is -0.153. The molecule has 1 aliphatic carbocycles. The lowest BCUT2D eigenvalue weighted by Gasteiger charge is -2.28. The first-order chi connectivity index (χ1) is 15.6. The number of aromatic amines is 1. The number of hydrogen-bond donors (Lipinski definition) is 2. The van der Waals surface area contributed by atoms with Gasteiger partial charge in [0.1, 0.15) is 23.7 Å². The van der Waals surface area contributed by atoms with E-state index in [1.807, 2.05) is 30.3 Å². The Balaban J connectivity index is 1.95. The topological polar surface area (TPSA) is 110 Å². The van der Waals surface area contributed by atoms with Crippen LogP contribution in [0.4, 0.5) is 11.5 Å². The van der Waals surface area contributed by atoms with Gasteiger partial charge in [-0.2, -0.15) is 0 Å². The predicted octanol–water partition coefficient (Wildman–Crippen LogP) is 3.21. The molecule has 8 heteroatoms. The van der Waals surface area contributed by atoms with Crippen LogP contribution in [-0.4, -0.2) is 34.2 Å². The number of esters is 1. The van der Waals surface area contributed by atoms with E-state index in [-0.39, 0.29) is 24.6 Å². The van der Waals surface area contributed by atoms with E-state index < -0.39 is 22.8 Å². The quantitative estimate of drug-likeness (QED) is 0.468. The van der Waals surface area contributed by atoms with Gasteiger partial charge in [0.15, 0.2) is 0 Å². The molecular weight excluding hydrogens is 420 g/mol. The lowest BCUT2D eigenvalue weighted by Crippen LogP contribution is -2.42. The number of allylic oxidation sites excluding steroid dienone is 1. The van der Waals surface area contributed by atoms with Crippen molar-refractivity contribution < 1.29 is 9.53 Å². The number of nitrogen functional groups attached to an aromatic ring is 1. The molecule has 0 bridgehead atoms. The summed E-state index contributed by atoms with van der Waals surface area (Å²) in [4.78, 5) is 42.1. The fourth-order valence-electron chi connectivity index (χ4n) is 4.02. The summed E-state index contributed by atoms with van der Waals surface area (Å²) in [5.41, 5.74) is 6.83. The van der Waals surface area contributed by atoms with Crippen LogP contribution in [0.5, 0.6) is 0 Å². The molecule has 1 aromatic heterocycles. The maximum atomic E-state index is 12.9. The molecule has 0 saturated heterocycles. The van der Waals surface area contributed by atoms with Crippen LogP contribution in [0.1, 0.15) is 58.4 Å². The van der Waals surface area contributed by atoms with E-state index in [0.29, 0.717) is 13.0 Å². The number of ether oxygens (including phenoxy) is 1. The summed E-state index contributed by atoms with van der Waals surface area (Å²) in [6, 6.07) is 9.39. The summed E-state index contributed by atoms with van der Waals surface area (Å²) in [6.45, 7) is 5.87.